The Hall–Kier alpha value is -3.67. The minimum atomic E-state index is -0.524. The standard InChI is InChI=1S/C25H25N3O3/c1-24(2)16-25(3,18-7-5-4-6-8-18)21-14-11-19(26)15-22(21)27(24)23(29)17-9-12-20(13-10-17)28(30)31/h4-15H,16,26H2,1-3H3/t25-/m1/s1. The number of hydrogen-bond donors (Lipinski definition) is 1. The highest BCUT2D eigenvalue weighted by molar-refractivity contribution is 6.08. The third-order valence-electron chi connectivity index (χ3n) is 6.19. The van der Waals surface area contributed by atoms with Gasteiger partial charge < -0.3 is 10.6 Å². The van der Waals surface area contributed by atoms with Crippen LogP contribution in [0.15, 0.2) is 72.8 Å². The summed E-state index contributed by atoms with van der Waals surface area (Å²) in [7, 11) is 0. The van der Waals surface area contributed by atoms with Gasteiger partial charge in [0.05, 0.1) is 10.6 Å². The lowest BCUT2D eigenvalue weighted by atomic mass is 9.65. The van der Waals surface area contributed by atoms with E-state index in [0.29, 0.717) is 17.7 Å². The molecule has 0 unspecified atom stereocenters. The lowest BCUT2D eigenvalue weighted by Crippen LogP contribution is -2.55. The summed E-state index contributed by atoms with van der Waals surface area (Å²) in [4.78, 5) is 25.9. The van der Waals surface area contributed by atoms with Gasteiger partial charge in [-0.3, -0.25) is 14.9 Å². The zero-order valence-corrected chi connectivity index (χ0v) is 17.8. The van der Waals surface area contributed by atoms with Crippen molar-refractivity contribution in [3.8, 4) is 0 Å². The van der Waals surface area contributed by atoms with Crippen LogP contribution in [0.25, 0.3) is 0 Å². The van der Waals surface area contributed by atoms with Crippen molar-refractivity contribution < 1.29 is 9.72 Å². The Bertz CT molecular complexity index is 1160. The SMILES string of the molecule is CC1(C)C[C@](C)(c2ccccc2)c2ccc(N)cc2N1C(=O)c1ccc([N+](=O)[O-])cc1. The van der Waals surface area contributed by atoms with Crippen molar-refractivity contribution >= 4 is 23.0 Å². The number of nitrogen functional groups attached to an aromatic ring is 1. The Morgan fingerprint density at radius 2 is 1.65 bits per heavy atom. The Balaban J connectivity index is 1.87. The molecule has 4 rings (SSSR count). The number of nitrogens with two attached hydrogens (primary N) is 1. The monoisotopic (exact) mass is 415 g/mol. The van der Waals surface area contributed by atoms with Crippen molar-refractivity contribution in [1.82, 2.24) is 0 Å². The molecule has 6 nitrogen and oxygen atoms in total. The summed E-state index contributed by atoms with van der Waals surface area (Å²) in [5.74, 6) is -0.207. The average molecular weight is 415 g/mol. The van der Waals surface area contributed by atoms with E-state index in [1.165, 1.54) is 29.8 Å². The Labute approximate surface area is 181 Å². The first-order valence-electron chi connectivity index (χ1n) is 10.2. The molecule has 1 atom stereocenters. The summed E-state index contributed by atoms with van der Waals surface area (Å²) in [5.41, 5.74) is 9.22. The molecule has 158 valence electrons. The van der Waals surface area contributed by atoms with E-state index in [1.807, 2.05) is 50.2 Å². The largest absolute Gasteiger partial charge is 0.399 e. The van der Waals surface area contributed by atoms with E-state index in [2.05, 4.69) is 19.1 Å². The number of nitro benzene ring substituents is 1. The summed E-state index contributed by atoms with van der Waals surface area (Å²) in [6.45, 7) is 6.29. The summed E-state index contributed by atoms with van der Waals surface area (Å²) in [6.07, 6.45) is 0.708. The van der Waals surface area contributed by atoms with E-state index in [4.69, 9.17) is 5.73 Å². The fraction of sp³-hybridized carbons (Fsp3) is 0.240. The van der Waals surface area contributed by atoms with Crippen LogP contribution in [0, 0.1) is 10.1 Å². The minimum absolute atomic E-state index is 0.0456. The van der Waals surface area contributed by atoms with Gasteiger partial charge in [0, 0.05) is 34.3 Å². The third-order valence-corrected chi connectivity index (χ3v) is 6.19. The predicted molar refractivity (Wildman–Crippen MR) is 122 cm³/mol. The molecule has 3 aromatic rings. The molecule has 0 aliphatic carbocycles. The maximum atomic E-state index is 13.6. The van der Waals surface area contributed by atoms with Crippen molar-refractivity contribution in [3.63, 3.8) is 0 Å². The van der Waals surface area contributed by atoms with E-state index in [9.17, 15) is 14.9 Å². The van der Waals surface area contributed by atoms with Gasteiger partial charge in [-0.25, -0.2) is 0 Å². The average Bonchev–Trinajstić information content (AvgIpc) is 2.73. The number of amides is 1. The fourth-order valence-electron chi connectivity index (χ4n) is 4.87. The van der Waals surface area contributed by atoms with Gasteiger partial charge in [-0.05, 0) is 55.7 Å². The molecular formula is C25H25N3O3. The lowest BCUT2D eigenvalue weighted by molar-refractivity contribution is -0.384. The maximum Gasteiger partial charge on any atom is 0.269 e. The van der Waals surface area contributed by atoms with Gasteiger partial charge in [0.15, 0.2) is 0 Å². The van der Waals surface area contributed by atoms with E-state index in [1.54, 1.807) is 4.90 Å². The molecule has 0 radical (unpaired) electrons. The molecule has 31 heavy (non-hydrogen) atoms. The number of carbonyl (C=O) groups is 1. The lowest BCUT2D eigenvalue weighted by Gasteiger charge is -2.51. The molecule has 0 bridgehead atoms. The first kappa shape index (κ1) is 20.6. The van der Waals surface area contributed by atoms with E-state index in [0.717, 1.165) is 11.3 Å². The number of nitrogens with zero attached hydrogens (tertiary/aromatic N) is 2. The second-order valence-electron chi connectivity index (χ2n) is 8.91. The van der Waals surface area contributed by atoms with Crippen LogP contribution in [0.4, 0.5) is 17.1 Å². The highest BCUT2D eigenvalue weighted by Gasteiger charge is 2.48. The third kappa shape index (κ3) is 3.44. The van der Waals surface area contributed by atoms with Crippen LogP contribution in [0.1, 0.15) is 48.7 Å². The van der Waals surface area contributed by atoms with Gasteiger partial charge in [-0.1, -0.05) is 43.3 Å². The van der Waals surface area contributed by atoms with Crippen LogP contribution in [-0.4, -0.2) is 16.4 Å². The summed E-state index contributed by atoms with van der Waals surface area (Å²) < 4.78 is 0. The molecule has 6 heteroatoms. The zero-order chi connectivity index (χ0) is 22.4. The van der Waals surface area contributed by atoms with Crippen molar-refractivity contribution in [2.24, 2.45) is 0 Å². The van der Waals surface area contributed by atoms with Crippen LogP contribution >= 0.6 is 0 Å². The summed E-state index contributed by atoms with van der Waals surface area (Å²) in [5, 5.41) is 11.0. The van der Waals surface area contributed by atoms with Crippen molar-refractivity contribution in [2.75, 3.05) is 10.6 Å². The number of fused-ring (bicyclic) bond motifs is 1. The molecular weight excluding hydrogens is 390 g/mol. The quantitative estimate of drug-likeness (QED) is 0.356. The van der Waals surface area contributed by atoms with E-state index < -0.39 is 10.5 Å². The van der Waals surface area contributed by atoms with Crippen molar-refractivity contribution in [1.29, 1.82) is 0 Å². The molecule has 3 aromatic carbocycles. The molecule has 0 spiro atoms. The van der Waals surface area contributed by atoms with Crippen LogP contribution in [-0.2, 0) is 5.41 Å². The van der Waals surface area contributed by atoms with Gasteiger partial charge in [-0.2, -0.15) is 0 Å². The van der Waals surface area contributed by atoms with Gasteiger partial charge >= 0.3 is 0 Å². The highest BCUT2D eigenvalue weighted by atomic mass is 16.6. The van der Waals surface area contributed by atoms with Crippen LogP contribution in [0.2, 0.25) is 0 Å². The van der Waals surface area contributed by atoms with Gasteiger partial charge in [-0.15, -0.1) is 0 Å². The molecule has 1 aliphatic heterocycles. The molecule has 0 saturated carbocycles. The topological polar surface area (TPSA) is 89.5 Å². The van der Waals surface area contributed by atoms with E-state index >= 15 is 0 Å². The van der Waals surface area contributed by atoms with Crippen LogP contribution in [0.5, 0.6) is 0 Å². The Morgan fingerprint density at radius 3 is 2.26 bits per heavy atom. The van der Waals surface area contributed by atoms with Crippen LogP contribution < -0.4 is 10.6 Å². The summed E-state index contributed by atoms with van der Waals surface area (Å²) in [6, 6.07) is 21.7. The van der Waals surface area contributed by atoms with Crippen LogP contribution in [0.3, 0.4) is 0 Å². The maximum absolute atomic E-state index is 13.6. The summed E-state index contributed by atoms with van der Waals surface area (Å²) >= 11 is 0. The number of non-ortho nitro benzene ring substituents is 1. The molecule has 0 aromatic heterocycles. The normalized spacial score (nSPS) is 19.5. The second kappa shape index (κ2) is 7.23. The molecule has 1 aliphatic rings. The molecule has 1 heterocycles. The molecule has 0 fully saturated rings. The smallest absolute Gasteiger partial charge is 0.269 e. The molecule has 2 N–H and O–H groups in total. The molecule has 0 saturated heterocycles. The number of carbonyl (C=O) groups excluding carboxylic acids is 1. The number of benzene rings is 3. The fourth-order valence-corrected chi connectivity index (χ4v) is 4.87. The number of hydrogen-bond acceptors (Lipinski definition) is 4. The molecule has 1 amide bonds. The van der Waals surface area contributed by atoms with Crippen molar-refractivity contribution in [3.05, 3.63) is 99.6 Å². The second-order valence-corrected chi connectivity index (χ2v) is 8.91. The minimum Gasteiger partial charge on any atom is -0.399 e. The Kier molecular flexibility index (Phi) is 4.81. The zero-order valence-electron chi connectivity index (χ0n) is 17.8. The predicted octanol–water partition coefficient (Wildman–Crippen LogP) is 5.31. The Morgan fingerprint density at radius 1 is 1.00 bits per heavy atom. The van der Waals surface area contributed by atoms with Crippen molar-refractivity contribution in [2.45, 2.75) is 38.1 Å². The van der Waals surface area contributed by atoms with Gasteiger partial charge in [0.1, 0.15) is 0 Å². The first-order chi connectivity index (χ1) is 14.6. The van der Waals surface area contributed by atoms with Gasteiger partial charge in [0.2, 0.25) is 0 Å². The number of nitro groups is 1. The van der Waals surface area contributed by atoms with E-state index in [-0.39, 0.29) is 17.0 Å². The highest BCUT2D eigenvalue weighted by Crippen LogP contribution is 2.51. The number of rotatable bonds is 3. The van der Waals surface area contributed by atoms with Gasteiger partial charge in [0.25, 0.3) is 11.6 Å². The first-order valence-corrected chi connectivity index (χ1v) is 10.2. The number of anilines is 2.